The topological polar surface area (TPSA) is 72.5 Å². The first-order chi connectivity index (χ1) is 9.03. The molecule has 6 heteroatoms. The van der Waals surface area contributed by atoms with E-state index >= 15 is 0 Å². The van der Waals surface area contributed by atoms with E-state index in [2.05, 4.69) is 5.32 Å². The van der Waals surface area contributed by atoms with Crippen molar-refractivity contribution in [1.82, 2.24) is 0 Å². The van der Waals surface area contributed by atoms with Crippen molar-refractivity contribution in [2.75, 3.05) is 30.0 Å². The Hall–Kier alpha value is -1.56. The Bertz CT molecular complexity index is 580. The number of anilines is 1. The molecule has 1 N–H and O–H groups in total. The van der Waals surface area contributed by atoms with E-state index in [1.807, 2.05) is 6.07 Å². The van der Waals surface area contributed by atoms with Gasteiger partial charge in [-0.25, -0.2) is 8.42 Å². The average Bonchev–Trinajstić information content (AvgIpc) is 2.44. The van der Waals surface area contributed by atoms with Crippen LogP contribution in [0.15, 0.2) is 18.2 Å². The van der Waals surface area contributed by atoms with Gasteiger partial charge in [0.15, 0.2) is 11.5 Å². The summed E-state index contributed by atoms with van der Waals surface area (Å²) in [6.45, 7) is 2.79. The predicted octanol–water partition coefficient (Wildman–Crippen LogP) is 1.50. The molecule has 0 saturated heterocycles. The van der Waals surface area contributed by atoms with E-state index in [4.69, 9.17) is 4.74 Å². The van der Waals surface area contributed by atoms with Gasteiger partial charge in [-0.1, -0.05) is 13.0 Å². The van der Waals surface area contributed by atoms with Crippen LogP contribution in [0.25, 0.3) is 0 Å². The second kappa shape index (κ2) is 5.61. The van der Waals surface area contributed by atoms with Crippen LogP contribution in [0.2, 0.25) is 0 Å². The maximum Gasteiger partial charge on any atom is 0.167 e. The van der Waals surface area contributed by atoms with Gasteiger partial charge in [-0.15, -0.1) is 0 Å². The van der Waals surface area contributed by atoms with Gasteiger partial charge < -0.3 is 10.1 Å². The van der Waals surface area contributed by atoms with E-state index in [0.29, 0.717) is 24.5 Å². The highest BCUT2D eigenvalue weighted by atomic mass is 32.2. The highest BCUT2D eigenvalue weighted by Crippen LogP contribution is 2.31. The van der Waals surface area contributed by atoms with Crippen molar-refractivity contribution in [2.24, 2.45) is 0 Å². The number of ketones is 1. The summed E-state index contributed by atoms with van der Waals surface area (Å²) in [5.41, 5.74) is 1.24. The van der Waals surface area contributed by atoms with Crippen molar-refractivity contribution in [1.29, 1.82) is 0 Å². The number of carbonyl (C=O) groups excluding carboxylic acids is 1. The lowest BCUT2D eigenvalue weighted by Gasteiger charge is -2.21. The standard InChI is InChI=1S/C13H17NO4S/c1-2-19(16,17)9-6-12(15)10-4-3-5-11-13(10)18-8-7-14-11/h3-5,14H,2,6-9H2,1H3. The first kappa shape index (κ1) is 13.9. The van der Waals surface area contributed by atoms with Crippen LogP contribution in [0.5, 0.6) is 5.75 Å². The summed E-state index contributed by atoms with van der Waals surface area (Å²) >= 11 is 0. The van der Waals surface area contributed by atoms with Crippen molar-refractivity contribution >= 4 is 21.3 Å². The van der Waals surface area contributed by atoms with Gasteiger partial charge in [0.2, 0.25) is 0 Å². The summed E-state index contributed by atoms with van der Waals surface area (Å²) in [5, 5.41) is 3.15. The predicted molar refractivity (Wildman–Crippen MR) is 73.7 cm³/mol. The lowest BCUT2D eigenvalue weighted by molar-refractivity contribution is 0.0985. The summed E-state index contributed by atoms with van der Waals surface area (Å²) in [7, 11) is -3.12. The largest absolute Gasteiger partial charge is 0.489 e. The monoisotopic (exact) mass is 283 g/mol. The van der Waals surface area contributed by atoms with E-state index in [-0.39, 0.29) is 23.7 Å². The van der Waals surface area contributed by atoms with Crippen LogP contribution < -0.4 is 10.1 Å². The van der Waals surface area contributed by atoms with Crippen molar-refractivity contribution < 1.29 is 17.9 Å². The molecule has 19 heavy (non-hydrogen) atoms. The number of benzene rings is 1. The second-order valence-electron chi connectivity index (χ2n) is 4.37. The maximum absolute atomic E-state index is 12.1. The first-order valence-corrected chi connectivity index (χ1v) is 8.09. The zero-order valence-electron chi connectivity index (χ0n) is 10.8. The molecule has 0 fully saturated rings. The number of carbonyl (C=O) groups is 1. The molecule has 1 aromatic carbocycles. The number of hydrogen-bond donors (Lipinski definition) is 1. The average molecular weight is 283 g/mol. The molecule has 0 aromatic heterocycles. The molecule has 0 spiro atoms. The minimum atomic E-state index is -3.12. The second-order valence-corrected chi connectivity index (χ2v) is 6.84. The van der Waals surface area contributed by atoms with Gasteiger partial charge in [0, 0.05) is 18.7 Å². The number of rotatable bonds is 5. The molecule has 1 aromatic rings. The van der Waals surface area contributed by atoms with Crippen LogP contribution in [0.4, 0.5) is 5.69 Å². The normalized spacial score (nSPS) is 14.2. The van der Waals surface area contributed by atoms with E-state index < -0.39 is 9.84 Å². The van der Waals surface area contributed by atoms with Gasteiger partial charge in [-0.2, -0.15) is 0 Å². The molecule has 0 unspecified atom stereocenters. The molecule has 0 saturated carbocycles. The van der Waals surface area contributed by atoms with Gasteiger partial charge >= 0.3 is 0 Å². The van der Waals surface area contributed by atoms with Crippen molar-refractivity contribution in [3.63, 3.8) is 0 Å². The third-order valence-electron chi connectivity index (χ3n) is 3.06. The molecule has 0 bridgehead atoms. The lowest BCUT2D eigenvalue weighted by Crippen LogP contribution is -2.20. The molecule has 0 atom stereocenters. The number of ether oxygens (including phenoxy) is 1. The fourth-order valence-electron chi connectivity index (χ4n) is 1.92. The minimum Gasteiger partial charge on any atom is -0.489 e. The molecule has 5 nitrogen and oxygen atoms in total. The molecular weight excluding hydrogens is 266 g/mol. The summed E-state index contributed by atoms with van der Waals surface area (Å²) in [4.78, 5) is 12.1. The summed E-state index contributed by atoms with van der Waals surface area (Å²) < 4.78 is 28.4. The van der Waals surface area contributed by atoms with Gasteiger partial charge in [0.25, 0.3) is 0 Å². The Morgan fingerprint density at radius 1 is 1.42 bits per heavy atom. The van der Waals surface area contributed by atoms with Crippen LogP contribution in [0.3, 0.4) is 0 Å². The van der Waals surface area contributed by atoms with Crippen molar-refractivity contribution in [3.8, 4) is 5.75 Å². The summed E-state index contributed by atoms with van der Waals surface area (Å²) in [6, 6.07) is 5.28. The van der Waals surface area contributed by atoms with Crippen molar-refractivity contribution in [2.45, 2.75) is 13.3 Å². The number of fused-ring (bicyclic) bond motifs is 1. The SMILES string of the molecule is CCS(=O)(=O)CCC(=O)c1cccc2c1OCCN2. The number of para-hydroxylation sites is 1. The summed E-state index contributed by atoms with van der Waals surface area (Å²) in [5.74, 6) is 0.287. The number of nitrogens with one attached hydrogen (secondary N) is 1. The van der Waals surface area contributed by atoms with Crippen LogP contribution in [-0.2, 0) is 9.84 Å². The van der Waals surface area contributed by atoms with Gasteiger partial charge in [0.05, 0.1) is 17.0 Å². The molecule has 1 aliphatic heterocycles. The number of hydrogen-bond acceptors (Lipinski definition) is 5. The Balaban J connectivity index is 2.16. The third-order valence-corrected chi connectivity index (χ3v) is 4.77. The zero-order chi connectivity index (χ0) is 13.9. The fourth-order valence-corrected chi connectivity index (χ4v) is 2.70. The van der Waals surface area contributed by atoms with Gasteiger partial charge in [-0.05, 0) is 12.1 Å². The van der Waals surface area contributed by atoms with Crippen LogP contribution in [0.1, 0.15) is 23.7 Å². The Labute approximate surface area is 112 Å². The third kappa shape index (κ3) is 3.26. The highest BCUT2D eigenvalue weighted by Gasteiger charge is 2.20. The molecule has 2 rings (SSSR count). The lowest BCUT2D eigenvalue weighted by atomic mass is 10.1. The Morgan fingerprint density at radius 2 is 2.21 bits per heavy atom. The van der Waals surface area contributed by atoms with E-state index in [9.17, 15) is 13.2 Å². The molecule has 0 amide bonds. The zero-order valence-corrected chi connectivity index (χ0v) is 11.6. The van der Waals surface area contributed by atoms with E-state index in [0.717, 1.165) is 5.69 Å². The van der Waals surface area contributed by atoms with Crippen molar-refractivity contribution in [3.05, 3.63) is 23.8 Å². The summed E-state index contributed by atoms with van der Waals surface area (Å²) in [6.07, 6.45) is -0.00398. The smallest absolute Gasteiger partial charge is 0.167 e. The highest BCUT2D eigenvalue weighted by molar-refractivity contribution is 7.91. The number of sulfone groups is 1. The van der Waals surface area contributed by atoms with Crippen LogP contribution in [0, 0.1) is 0 Å². The molecule has 104 valence electrons. The molecule has 0 aliphatic carbocycles. The molecule has 1 heterocycles. The molecular formula is C13H17NO4S. The van der Waals surface area contributed by atoms with Gasteiger partial charge in [0.1, 0.15) is 16.4 Å². The van der Waals surface area contributed by atoms with E-state index in [1.54, 1.807) is 19.1 Å². The number of Topliss-reactive ketones (excluding diaryl/α,β-unsaturated/α-hetero) is 1. The Kier molecular flexibility index (Phi) is 4.09. The molecule has 0 radical (unpaired) electrons. The van der Waals surface area contributed by atoms with Gasteiger partial charge in [-0.3, -0.25) is 4.79 Å². The quantitative estimate of drug-likeness (QED) is 0.829. The fraction of sp³-hybridized carbons (Fsp3) is 0.462. The first-order valence-electron chi connectivity index (χ1n) is 6.27. The maximum atomic E-state index is 12.1. The molecule has 1 aliphatic rings. The Morgan fingerprint density at radius 3 is 2.95 bits per heavy atom. The van der Waals surface area contributed by atoms with Crippen LogP contribution in [-0.4, -0.2) is 38.9 Å². The minimum absolute atomic E-state index is 0.00398. The van der Waals surface area contributed by atoms with E-state index in [1.165, 1.54) is 0 Å². The van der Waals surface area contributed by atoms with Crippen LogP contribution >= 0.6 is 0 Å².